The van der Waals surface area contributed by atoms with Crippen LogP contribution in [0, 0.1) is 0 Å². The van der Waals surface area contributed by atoms with Crippen molar-refractivity contribution >= 4 is 17.8 Å². The van der Waals surface area contributed by atoms with Crippen LogP contribution in [0.2, 0.25) is 0 Å². The molecule has 0 radical (unpaired) electrons. The molecule has 0 spiro atoms. The van der Waals surface area contributed by atoms with Gasteiger partial charge in [-0.25, -0.2) is 9.97 Å². The summed E-state index contributed by atoms with van der Waals surface area (Å²) in [5.74, 6) is 0.719. The minimum absolute atomic E-state index is 0.0565. The minimum atomic E-state index is -0.107. The maximum Gasteiger partial charge on any atom is 0.289 e. The molecule has 1 aliphatic heterocycles. The Hall–Kier alpha value is -2.90. The average molecular weight is 385 g/mol. The van der Waals surface area contributed by atoms with Gasteiger partial charge in [0.1, 0.15) is 5.69 Å². The molecular formula is C20H27N5O3. The van der Waals surface area contributed by atoms with Gasteiger partial charge in [0, 0.05) is 45.5 Å². The first-order valence-electron chi connectivity index (χ1n) is 9.84. The molecule has 0 saturated carbocycles. The summed E-state index contributed by atoms with van der Waals surface area (Å²) in [7, 11) is 0. The Kier molecular flexibility index (Phi) is 6.62. The van der Waals surface area contributed by atoms with E-state index >= 15 is 0 Å². The van der Waals surface area contributed by atoms with Crippen molar-refractivity contribution in [1.29, 1.82) is 0 Å². The number of piperazine rings is 1. The van der Waals surface area contributed by atoms with Gasteiger partial charge in [0.2, 0.25) is 5.95 Å². The normalized spacial score (nSPS) is 14.2. The summed E-state index contributed by atoms with van der Waals surface area (Å²) in [6, 6.07) is 5.05. The molecule has 0 N–H and O–H groups in total. The lowest BCUT2D eigenvalue weighted by Crippen LogP contribution is -2.49. The first-order valence-corrected chi connectivity index (χ1v) is 9.84. The maximum atomic E-state index is 12.8. The lowest BCUT2D eigenvalue weighted by Gasteiger charge is -2.34. The van der Waals surface area contributed by atoms with Crippen LogP contribution in [0.15, 0.2) is 35.1 Å². The Morgan fingerprint density at radius 2 is 1.82 bits per heavy atom. The van der Waals surface area contributed by atoms with Gasteiger partial charge in [-0.15, -0.1) is 0 Å². The van der Waals surface area contributed by atoms with Crippen molar-refractivity contribution in [3.63, 3.8) is 0 Å². The highest BCUT2D eigenvalue weighted by molar-refractivity contribution is 5.92. The largest absolute Gasteiger partial charge is 0.459 e. The van der Waals surface area contributed by atoms with Crippen LogP contribution in [0.3, 0.4) is 0 Å². The van der Waals surface area contributed by atoms with Crippen LogP contribution in [0.25, 0.3) is 0 Å². The third-order valence-electron chi connectivity index (χ3n) is 4.72. The van der Waals surface area contributed by atoms with Gasteiger partial charge in [0.15, 0.2) is 5.76 Å². The number of furan rings is 1. The van der Waals surface area contributed by atoms with E-state index in [1.54, 1.807) is 29.3 Å². The average Bonchev–Trinajstić information content (AvgIpc) is 3.28. The number of aromatic nitrogens is 2. The number of hydrogen-bond acceptors (Lipinski definition) is 6. The first kappa shape index (κ1) is 19.9. The van der Waals surface area contributed by atoms with Crippen molar-refractivity contribution in [1.82, 2.24) is 19.8 Å². The number of carbonyl (C=O) groups is 2. The Balaban J connectivity index is 1.64. The summed E-state index contributed by atoms with van der Waals surface area (Å²) in [5.41, 5.74) is 0.418. The smallest absolute Gasteiger partial charge is 0.289 e. The van der Waals surface area contributed by atoms with Crippen molar-refractivity contribution in [2.45, 2.75) is 26.7 Å². The second-order valence-corrected chi connectivity index (χ2v) is 6.79. The van der Waals surface area contributed by atoms with Crippen LogP contribution < -0.4 is 4.90 Å². The van der Waals surface area contributed by atoms with E-state index in [1.165, 1.54) is 6.26 Å². The Bertz CT molecular complexity index is 779. The number of rotatable bonds is 7. The van der Waals surface area contributed by atoms with E-state index in [0.29, 0.717) is 43.6 Å². The first-order chi connectivity index (χ1) is 13.6. The molecule has 8 heteroatoms. The Morgan fingerprint density at radius 1 is 1.11 bits per heavy atom. The van der Waals surface area contributed by atoms with E-state index in [0.717, 1.165) is 25.9 Å². The molecular weight excluding hydrogens is 358 g/mol. The highest BCUT2D eigenvalue weighted by Gasteiger charge is 2.25. The molecule has 0 bridgehead atoms. The second-order valence-electron chi connectivity index (χ2n) is 6.79. The van der Waals surface area contributed by atoms with Crippen LogP contribution in [0.5, 0.6) is 0 Å². The zero-order valence-corrected chi connectivity index (χ0v) is 16.5. The fourth-order valence-electron chi connectivity index (χ4n) is 3.30. The van der Waals surface area contributed by atoms with Crippen molar-refractivity contribution < 1.29 is 14.0 Å². The monoisotopic (exact) mass is 385 g/mol. The lowest BCUT2D eigenvalue weighted by molar-refractivity contribution is 0.0714. The van der Waals surface area contributed by atoms with Gasteiger partial charge in [-0.2, -0.15) is 0 Å². The Morgan fingerprint density at radius 3 is 2.43 bits per heavy atom. The van der Waals surface area contributed by atoms with Crippen LogP contribution in [-0.2, 0) is 0 Å². The summed E-state index contributed by atoms with van der Waals surface area (Å²) in [5, 5.41) is 0. The SMILES string of the molecule is CCCN(CCC)C(=O)c1ccnc(N2CCN(C(=O)c3ccco3)CC2)n1. The minimum Gasteiger partial charge on any atom is -0.459 e. The molecule has 0 atom stereocenters. The molecule has 2 aromatic rings. The third kappa shape index (κ3) is 4.49. The topological polar surface area (TPSA) is 82.8 Å². The van der Waals surface area contributed by atoms with Gasteiger partial charge < -0.3 is 19.1 Å². The van der Waals surface area contributed by atoms with Gasteiger partial charge in [-0.1, -0.05) is 13.8 Å². The number of nitrogens with zero attached hydrogens (tertiary/aromatic N) is 5. The summed E-state index contributed by atoms with van der Waals surface area (Å²) in [6.07, 6.45) is 4.96. The van der Waals surface area contributed by atoms with Gasteiger partial charge in [-0.05, 0) is 31.0 Å². The van der Waals surface area contributed by atoms with Gasteiger partial charge >= 0.3 is 0 Å². The molecule has 2 amide bonds. The quantitative estimate of drug-likeness (QED) is 0.727. The van der Waals surface area contributed by atoms with E-state index in [1.807, 2.05) is 9.80 Å². The van der Waals surface area contributed by atoms with Crippen LogP contribution in [0.1, 0.15) is 47.7 Å². The highest BCUT2D eigenvalue weighted by atomic mass is 16.3. The summed E-state index contributed by atoms with van der Waals surface area (Å²) < 4.78 is 5.19. The predicted octanol–water partition coefficient (Wildman–Crippen LogP) is 2.29. The molecule has 1 aliphatic rings. The number of carbonyl (C=O) groups excluding carboxylic acids is 2. The molecule has 3 rings (SSSR count). The van der Waals surface area contributed by atoms with E-state index in [4.69, 9.17) is 4.42 Å². The van der Waals surface area contributed by atoms with Crippen LogP contribution in [-0.4, -0.2) is 70.9 Å². The van der Waals surface area contributed by atoms with Crippen LogP contribution in [0.4, 0.5) is 5.95 Å². The molecule has 2 aromatic heterocycles. The highest BCUT2D eigenvalue weighted by Crippen LogP contribution is 2.15. The fourth-order valence-corrected chi connectivity index (χ4v) is 3.30. The van der Waals surface area contributed by atoms with E-state index in [-0.39, 0.29) is 11.8 Å². The van der Waals surface area contributed by atoms with Crippen molar-refractivity contribution in [3.8, 4) is 0 Å². The summed E-state index contributed by atoms with van der Waals surface area (Å²) in [6.45, 7) is 7.89. The molecule has 1 fully saturated rings. The van der Waals surface area contributed by atoms with E-state index in [9.17, 15) is 9.59 Å². The second kappa shape index (κ2) is 9.34. The number of hydrogen-bond donors (Lipinski definition) is 0. The van der Waals surface area contributed by atoms with Gasteiger partial charge in [0.05, 0.1) is 6.26 Å². The lowest BCUT2D eigenvalue weighted by atomic mass is 10.2. The molecule has 28 heavy (non-hydrogen) atoms. The Labute approximate surface area is 165 Å². The van der Waals surface area contributed by atoms with Crippen molar-refractivity contribution in [3.05, 3.63) is 42.1 Å². The number of amides is 2. The molecule has 0 unspecified atom stereocenters. The maximum absolute atomic E-state index is 12.8. The number of anilines is 1. The zero-order valence-electron chi connectivity index (χ0n) is 16.5. The van der Waals surface area contributed by atoms with E-state index in [2.05, 4.69) is 23.8 Å². The van der Waals surface area contributed by atoms with Crippen LogP contribution >= 0.6 is 0 Å². The molecule has 8 nitrogen and oxygen atoms in total. The summed E-state index contributed by atoms with van der Waals surface area (Å²) in [4.78, 5) is 39.6. The van der Waals surface area contributed by atoms with Crippen molar-refractivity contribution in [2.75, 3.05) is 44.2 Å². The van der Waals surface area contributed by atoms with Gasteiger partial charge in [0.25, 0.3) is 11.8 Å². The molecule has 3 heterocycles. The van der Waals surface area contributed by atoms with Gasteiger partial charge in [-0.3, -0.25) is 9.59 Å². The summed E-state index contributed by atoms with van der Waals surface area (Å²) >= 11 is 0. The molecule has 150 valence electrons. The third-order valence-corrected chi connectivity index (χ3v) is 4.72. The van der Waals surface area contributed by atoms with Crippen molar-refractivity contribution in [2.24, 2.45) is 0 Å². The van der Waals surface area contributed by atoms with E-state index < -0.39 is 0 Å². The predicted molar refractivity (Wildman–Crippen MR) is 105 cm³/mol. The zero-order chi connectivity index (χ0) is 19.9. The molecule has 0 aliphatic carbocycles. The fraction of sp³-hybridized carbons (Fsp3) is 0.500. The molecule has 0 aromatic carbocycles. The standard InChI is InChI=1S/C20H27N5O3/c1-3-9-23(10-4-2)18(26)16-7-8-21-20(22-16)25-13-11-24(12-14-25)19(27)17-6-5-15-28-17/h5-8,15H,3-4,9-14H2,1-2H3. The molecule has 1 saturated heterocycles.